The standard InChI is InChI=1S/C21H37NO11/c1-6-21(4,7-2)18-11(22-9(3)24)15(12(25)10(8-23)31-18)32-20-14(27)13(26)16(30-5)17(33-20)19(28)29/h10-18,20,23,25-27H,6-8H2,1-5H3,(H,22,24)(H,28,29)/t10?,11-,12+,13?,14-,15?,16-,17?,18+,20+/m0/s1. The van der Waals surface area contributed by atoms with Crippen LogP contribution in [0.2, 0.25) is 0 Å². The summed E-state index contributed by atoms with van der Waals surface area (Å²) in [4.78, 5) is 23.7. The van der Waals surface area contributed by atoms with Crippen molar-refractivity contribution in [3.8, 4) is 0 Å². The minimum absolute atomic E-state index is 0.431. The third kappa shape index (κ3) is 5.65. The highest BCUT2D eigenvalue weighted by Gasteiger charge is 2.55. The lowest BCUT2D eigenvalue weighted by atomic mass is 9.72. The van der Waals surface area contributed by atoms with Crippen LogP contribution in [0.1, 0.15) is 40.5 Å². The maximum Gasteiger partial charge on any atom is 0.335 e. The van der Waals surface area contributed by atoms with Gasteiger partial charge in [0.05, 0.1) is 18.8 Å². The third-order valence-electron chi connectivity index (χ3n) is 6.92. The molecule has 0 bridgehead atoms. The van der Waals surface area contributed by atoms with Gasteiger partial charge < -0.3 is 49.8 Å². The van der Waals surface area contributed by atoms with E-state index in [1.54, 1.807) is 0 Å². The van der Waals surface area contributed by atoms with Crippen LogP contribution < -0.4 is 5.32 Å². The summed E-state index contributed by atoms with van der Waals surface area (Å²) in [5.41, 5.74) is -0.488. The normalized spacial score (nSPS) is 39.8. The molecule has 2 rings (SSSR count). The number of aliphatic hydroxyl groups is 4. The molecule has 1 amide bonds. The quantitative estimate of drug-likeness (QED) is 0.223. The van der Waals surface area contributed by atoms with Crippen molar-refractivity contribution < 1.29 is 54.1 Å². The third-order valence-corrected chi connectivity index (χ3v) is 6.92. The Balaban J connectivity index is 2.44. The van der Waals surface area contributed by atoms with Crippen molar-refractivity contribution >= 4 is 11.9 Å². The Hall–Kier alpha value is -1.38. The van der Waals surface area contributed by atoms with E-state index < -0.39 is 85.1 Å². The number of aliphatic carboxylic acids is 1. The van der Waals surface area contributed by atoms with E-state index in [0.717, 1.165) is 0 Å². The van der Waals surface area contributed by atoms with E-state index in [1.165, 1.54) is 14.0 Å². The van der Waals surface area contributed by atoms with E-state index in [0.29, 0.717) is 12.8 Å². The molecule has 0 saturated carbocycles. The molecule has 0 aromatic carbocycles. The van der Waals surface area contributed by atoms with Crippen molar-refractivity contribution in [2.45, 2.75) is 102 Å². The number of nitrogens with one attached hydrogen (secondary N) is 1. The number of carboxylic acid groups (broad SMARTS) is 1. The predicted molar refractivity (Wildman–Crippen MR) is 112 cm³/mol. The van der Waals surface area contributed by atoms with E-state index in [2.05, 4.69) is 5.32 Å². The van der Waals surface area contributed by atoms with Crippen molar-refractivity contribution in [1.29, 1.82) is 0 Å². The van der Waals surface area contributed by atoms with Crippen molar-refractivity contribution in [2.75, 3.05) is 13.7 Å². The molecule has 0 aromatic rings. The van der Waals surface area contributed by atoms with E-state index >= 15 is 0 Å². The second-order valence-corrected chi connectivity index (χ2v) is 8.90. The van der Waals surface area contributed by atoms with Gasteiger partial charge in [-0.3, -0.25) is 4.79 Å². The van der Waals surface area contributed by atoms with Gasteiger partial charge in [0.1, 0.15) is 36.6 Å². The van der Waals surface area contributed by atoms with Crippen molar-refractivity contribution in [1.82, 2.24) is 5.32 Å². The van der Waals surface area contributed by atoms with Gasteiger partial charge in [0.15, 0.2) is 12.4 Å². The second kappa shape index (κ2) is 11.4. The van der Waals surface area contributed by atoms with E-state index in [1.807, 2.05) is 20.8 Å². The summed E-state index contributed by atoms with van der Waals surface area (Å²) < 4.78 is 22.2. The Morgan fingerprint density at radius 2 is 1.64 bits per heavy atom. The highest BCUT2D eigenvalue weighted by molar-refractivity contribution is 5.74. The maximum absolute atomic E-state index is 12.0. The van der Waals surface area contributed by atoms with Crippen LogP contribution in [0.3, 0.4) is 0 Å². The highest BCUT2D eigenvalue weighted by Crippen LogP contribution is 2.40. The Morgan fingerprint density at radius 1 is 1.03 bits per heavy atom. The van der Waals surface area contributed by atoms with Gasteiger partial charge in [-0.2, -0.15) is 0 Å². The van der Waals surface area contributed by atoms with Crippen LogP contribution >= 0.6 is 0 Å². The molecule has 0 aliphatic carbocycles. The van der Waals surface area contributed by atoms with Crippen molar-refractivity contribution in [3.63, 3.8) is 0 Å². The number of carbonyl (C=O) groups is 2. The average molecular weight is 480 g/mol. The smallest absolute Gasteiger partial charge is 0.335 e. The molecule has 10 atom stereocenters. The maximum atomic E-state index is 12.0. The van der Waals surface area contributed by atoms with Gasteiger partial charge in [-0.1, -0.05) is 20.8 Å². The summed E-state index contributed by atoms with van der Waals surface area (Å²) in [6.07, 6.45) is -11.3. The monoisotopic (exact) mass is 479 g/mol. The van der Waals surface area contributed by atoms with Crippen LogP contribution in [0, 0.1) is 5.41 Å². The van der Waals surface area contributed by atoms with Gasteiger partial charge in [0, 0.05) is 14.0 Å². The zero-order valence-electron chi connectivity index (χ0n) is 19.6. The molecule has 12 nitrogen and oxygen atoms in total. The SMILES string of the molecule is CCC(C)(CC)[C@@H]1OC(CO)[C@@H](O)C(O[C@@H]2OC(C(=O)O)[C@@H](OC)C(O)[C@@H]2O)[C@@H]1NC(C)=O. The van der Waals surface area contributed by atoms with Crippen LogP contribution in [0.4, 0.5) is 0 Å². The van der Waals surface area contributed by atoms with Crippen LogP contribution in [-0.4, -0.2) is 112 Å². The molecular formula is C21H37NO11. The molecule has 4 unspecified atom stereocenters. The Bertz CT molecular complexity index is 673. The first-order valence-corrected chi connectivity index (χ1v) is 11.1. The van der Waals surface area contributed by atoms with Gasteiger partial charge >= 0.3 is 5.97 Å². The minimum Gasteiger partial charge on any atom is -0.479 e. The first-order valence-electron chi connectivity index (χ1n) is 11.1. The van der Waals surface area contributed by atoms with E-state index in [4.69, 9.17) is 18.9 Å². The molecule has 12 heteroatoms. The number of carbonyl (C=O) groups excluding carboxylic acids is 1. The number of rotatable bonds is 9. The molecule has 2 heterocycles. The van der Waals surface area contributed by atoms with Gasteiger partial charge in [-0.25, -0.2) is 4.79 Å². The molecule has 2 saturated heterocycles. The van der Waals surface area contributed by atoms with E-state index in [-0.39, 0.29) is 0 Å². The molecule has 2 aliphatic heterocycles. The Labute approximate surface area is 192 Å². The fraction of sp³-hybridized carbons (Fsp3) is 0.905. The Kier molecular flexibility index (Phi) is 9.59. The number of carboxylic acids is 1. The molecule has 33 heavy (non-hydrogen) atoms. The van der Waals surface area contributed by atoms with Crippen LogP contribution in [0.25, 0.3) is 0 Å². The lowest BCUT2D eigenvalue weighted by Gasteiger charge is -2.52. The van der Waals surface area contributed by atoms with E-state index in [9.17, 15) is 35.1 Å². The van der Waals surface area contributed by atoms with Gasteiger partial charge in [-0.05, 0) is 18.3 Å². The highest BCUT2D eigenvalue weighted by atomic mass is 16.7. The summed E-state index contributed by atoms with van der Waals surface area (Å²) in [7, 11) is 1.17. The summed E-state index contributed by atoms with van der Waals surface area (Å²) in [6, 6.07) is -0.929. The number of ether oxygens (including phenoxy) is 4. The van der Waals surface area contributed by atoms with Crippen molar-refractivity contribution in [3.05, 3.63) is 0 Å². The number of methoxy groups -OCH3 is 1. The fourth-order valence-electron chi connectivity index (χ4n) is 4.47. The Morgan fingerprint density at radius 3 is 2.09 bits per heavy atom. The summed E-state index contributed by atoms with van der Waals surface area (Å²) in [5.74, 6) is -1.87. The first kappa shape index (κ1) is 27.9. The van der Waals surface area contributed by atoms with Crippen LogP contribution in [0.5, 0.6) is 0 Å². The molecule has 6 N–H and O–H groups in total. The number of hydrogen-bond acceptors (Lipinski definition) is 10. The number of aliphatic hydroxyl groups excluding tert-OH is 4. The van der Waals surface area contributed by atoms with Gasteiger partial charge in [0.25, 0.3) is 0 Å². The fourth-order valence-corrected chi connectivity index (χ4v) is 4.47. The zero-order valence-corrected chi connectivity index (χ0v) is 19.6. The van der Waals surface area contributed by atoms with Gasteiger partial charge in [0.2, 0.25) is 5.91 Å². The van der Waals surface area contributed by atoms with Crippen LogP contribution in [0.15, 0.2) is 0 Å². The molecule has 2 aliphatic rings. The minimum atomic E-state index is -1.71. The first-order chi connectivity index (χ1) is 15.4. The van der Waals surface area contributed by atoms with Crippen molar-refractivity contribution in [2.24, 2.45) is 5.41 Å². The molecule has 2 fully saturated rings. The molecule has 0 aromatic heterocycles. The summed E-state index contributed by atoms with van der Waals surface area (Å²) in [6.45, 7) is 6.56. The predicted octanol–water partition coefficient (Wildman–Crippen LogP) is -1.63. The number of amides is 1. The lowest BCUT2D eigenvalue weighted by Crippen LogP contribution is -2.70. The lowest BCUT2D eigenvalue weighted by molar-refractivity contribution is -0.331. The molecular weight excluding hydrogens is 442 g/mol. The summed E-state index contributed by atoms with van der Waals surface area (Å²) >= 11 is 0. The zero-order chi connectivity index (χ0) is 25.1. The topological polar surface area (TPSA) is 184 Å². The van der Waals surface area contributed by atoms with Gasteiger partial charge in [-0.15, -0.1) is 0 Å². The molecule has 0 radical (unpaired) electrons. The molecule has 192 valence electrons. The summed E-state index contributed by atoms with van der Waals surface area (Å²) in [5, 5.41) is 53.8. The average Bonchev–Trinajstić information content (AvgIpc) is 2.77. The second-order valence-electron chi connectivity index (χ2n) is 8.90. The van der Waals surface area contributed by atoms with Crippen LogP contribution in [-0.2, 0) is 28.5 Å². The number of hydrogen-bond donors (Lipinski definition) is 6. The molecule has 0 spiro atoms. The largest absolute Gasteiger partial charge is 0.479 e.